The number of hydrogen-bond donors (Lipinski definition) is 2. The van der Waals surface area contributed by atoms with Gasteiger partial charge < -0.3 is 9.97 Å². The lowest BCUT2D eigenvalue weighted by Gasteiger charge is -2.24. The van der Waals surface area contributed by atoms with Gasteiger partial charge >= 0.3 is 5.69 Å². The van der Waals surface area contributed by atoms with E-state index >= 15 is 0 Å². The molecule has 1 saturated heterocycles. The number of H-pyrrole nitrogens is 2. The lowest BCUT2D eigenvalue weighted by atomic mass is 10.1. The average Bonchev–Trinajstić information content (AvgIpc) is 3.20. The molecule has 4 rings (SSSR count). The number of fused-ring (bicyclic) bond motifs is 1. The molecule has 1 unspecified atom stereocenters. The molecule has 1 aliphatic rings. The number of rotatable bonds is 3. The summed E-state index contributed by atoms with van der Waals surface area (Å²) in [5, 5.41) is 0. The third kappa shape index (κ3) is 2.44. The molecule has 1 fully saturated rings. The molecule has 1 atom stereocenters. The van der Waals surface area contributed by atoms with Crippen LogP contribution in [0.4, 0.5) is 0 Å². The highest BCUT2D eigenvalue weighted by Gasteiger charge is 2.36. The molecule has 3 heterocycles. The van der Waals surface area contributed by atoms with Crippen molar-refractivity contribution in [3.63, 3.8) is 0 Å². The predicted octanol–water partition coefficient (Wildman–Crippen LogP) is 1.78. The first kappa shape index (κ1) is 15.1. The lowest BCUT2D eigenvalue weighted by molar-refractivity contribution is 0.396. The van der Waals surface area contributed by atoms with Gasteiger partial charge in [0.2, 0.25) is 10.0 Å². The molecule has 0 bridgehead atoms. The zero-order valence-corrected chi connectivity index (χ0v) is 13.6. The minimum atomic E-state index is -3.64. The molecule has 24 heavy (non-hydrogen) atoms. The Morgan fingerprint density at radius 3 is 2.62 bits per heavy atom. The standard InChI is InChI=1S/C16H16N4O3S/c21-16-18-13-4-3-12(10-14(13)19-16)24(22,23)20-9-1-2-15(20)11-5-7-17-8-6-11/h3-8,10,15H,1-2,9H2,(H2,18,19,21). The number of pyridine rings is 1. The van der Waals surface area contributed by atoms with Crippen molar-refractivity contribution in [2.45, 2.75) is 23.8 Å². The number of aromatic amines is 2. The van der Waals surface area contributed by atoms with Crippen molar-refractivity contribution in [2.24, 2.45) is 0 Å². The van der Waals surface area contributed by atoms with Gasteiger partial charge in [-0.05, 0) is 48.7 Å². The van der Waals surface area contributed by atoms with Crippen LogP contribution in [0, 0.1) is 0 Å². The van der Waals surface area contributed by atoms with Gasteiger partial charge in [0.25, 0.3) is 0 Å². The van der Waals surface area contributed by atoms with Crippen molar-refractivity contribution in [3.8, 4) is 0 Å². The number of aromatic nitrogens is 3. The summed E-state index contributed by atoms with van der Waals surface area (Å²) in [6.07, 6.45) is 4.95. The fourth-order valence-corrected chi connectivity index (χ4v) is 4.96. The van der Waals surface area contributed by atoms with Gasteiger partial charge in [-0.25, -0.2) is 13.2 Å². The third-order valence-electron chi connectivity index (χ3n) is 4.39. The first-order chi connectivity index (χ1) is 11.6. The van der Waals surface area contributed by atoms with Crippen LogP contribution < -0.4 is 5.69 Å². The topological polar surface area (TPSA) is 98.9 Å². The molecular formula is C16H16N4O3S. The number of sulfonamides is 1. The molecule has 8 heteroatoms. The molecule has 0 radical (unpaired) electrons. The van der Waals surface area contributed by atoms with E-state index in [-0.39, 0.29) is 16.6 Å². The summed E-state index contributed by atoms with van der Waals surface area (Å²) < 4.78 is 27.7. The number of hydrogen-bond acceptors (Lipinski definition) is 4. The summed E-state index contributed by atoms with van der Waals surface area (Å²) in [5.74, 6) is 0. The Kier molecular flexibility index (Phi) is 3.50. The van der Waals surface area contributed by atoms with Crippen LogP contribution in [0.25, 0.3) is 11.0 Å². The summed E-state index contributed by atoms with van der Waals surface area (Å²) in [4.78, 5) is 20.8. The van der Waals surface area contributed by atoms with Crippen LogP contribution in [0.2, 0.25) is 0 Å². The van der Waals surface area contributed by atoms with Crippen LogP contribution in [-0.2, 0) is 10.0 Å². The molecule has 2 N–H and O–H groups in total. The molecule has 7 nitrogen and oxygen atoms in total. The normalized spacial score (nSPS) is 19.1. The van der Waals surface area contributed by atoms with Gasteiger partial charge in [-0.1, -0.05) is 0 Å². The van der Waals surface area contributed by atoms with E-state index in [1.54, 1.807) is 18.5 Å². The Hall–Kier alpha value is -2.45. The summed E-state index contributed by atoms with van der Waals surface area (Å²) >= 11 is 0. The molecule has 0 amide bonds. The van der Waals surface area contributed by atoms with E-state index in [2.05, 4.69) is 15.0 Å². The predicted molar refractivity (Wildman–Crippen MR) is 89.0 cm³/mol. The highest BCUT2D eigenvalue weighted by atomic mass is 32.2. The van der Waals surface area contributed by atoms with Crippen molar-refractivity contribution in [1.29, 1.82) is 0 Å². The number of benzene rings is 1. The number of nitrogens with one attached hydrogen (secondary N) is 2. The van der Waals surface area contributed by atoms with Crippen molar-refractivity contribution in [2.75, 3.05) is 6.54 Å². The SMILES string of the molecule is O=c1[nH]c2ccc(S(=O)(=O)N3CCCC3c3ccncc3)cc2[nH]1. The lowest BCUT2D eigenvalue weighted by Crippen LogP contribution is -2.30. The first-order valence-corrected chi connectivity index (χ1v) is 9.13. The molecule has 0 aliphatic carbocycles. The monoisotopic (exact) mass is 344 g/mol. The van der Waals surface area contributed by atoms with Crippen LogP contribution in [0.1, 0.15) is 24.4 Å². The Morgan fingerprint density at radius 1 is 1.08 bits per heavy atom. The van der Waals surface area contributed by atoms with E-state index in [0.29, 0.717) is 17.6 Å². The summed E-state index contributed by atoms with van der Waals surface area (Å²) in [6.45, 7) is 0.483. The van der Waals surface area contributed by atoms with E-state index in [1.165, 1.54) is 16.4 Å². The smallest absolute Gasteiger partial charge is 0.306 e. The second-order valence-electron chi connectivity index (χ2n) is 5.84. The summed E-state index contributed by atoms with van der Waals surface area (Å²) in [6, 6.07) is 8.17. The van der Waals surface area contributed by atoms with Gasteiger partial charge in [-0.2, -0.15) is 4.31 Å². The summed E-state index contributed by atoms with van der Waals surface area (Å²) in [7, 11) is -3.64. The number of imidazole rings is 1. The van der Waals surface area contributed by atoms with Crippen molar-refractivity contribution < 1.29 is 8.42 Å². The molecule has 1 aromatic carbocycles. The van der Waals surface area contributed by atoms with Crippen molar-refractivity contribution in [1.82, 2.24) is 19.3 Å². The van der Waals surface area contributed by atoms with E-state index < -0.39 is 10.0 Å². The largest absolute Gasteiger partial charge is 0.323 e. The Bertz CT molecular complexity index is 1040. The van der Waals surface area contributed by atoms with Gasteiger partial charge in [-0.15, -0.1) is 0 Å². The molecule has 3 aromatic rings. The minimum absolute atomic E-state index is 0.182. The van der Waals surface area contributed by atoms with Crippen LogP contribution in [0.3, 0.4) is 0 Å². The zero-order chi connectivity index (χ0) is 16.7. The molecule has 1 aliphatic heterocycles. The van der Waals surface area contributed by atoms with Crippen LogP contribution >= 0.6 is 0 Å². The van der Waals surface area contributed by atoms with Gasteiger partial charge in [0, 0.05) is 18.9 Å². The van der Waals surface area contributed by atoms with E-state index in [0.717, 1.165) is 18.4 Å². The maximum absolute atomic E-state index is 13.1. The third-order valence-corrected chi connectivity index (χ3v) is 6.29. The van der Waals surface area contributed by atoms with Crippen LogP contribution in [-0.4, -0.2) is 34.2 Å². The first-order valence-electron chi connectivity index (χ1n) is 7.69. The quantitative estimate of drug-likeness (QED) is 0.756. The van der Waals surface area contributed by atoms with Crippen LogP contribution in [0.15, 0.2) is 52.4 Å². The molecular weight excluding hydrogens is 328 g/mol. The maximum atomic E-state index is 13.1. The minimum Gasteiger partial charge on any atom is -0.306 e. The fraction of sp³-hybridized carbons (Fsp3) is 0.250. The second-order valence-corrected chi connectivity index (χ2v) is 7.73. The Labute approximate surface area is 138 Å². The maximum Gasteiger partial charge on any atom is 0.323 e. The Balaban J connectivity index is 1.76. The molecule has 124 valence electrons. The zero-order valence-electron chi connectivity index (χ0n) is 12.8. The number of nitrogens with zero attached hydrogens (tertiary/aromatic N) is 2. The van der Waals surface area contributed by atoms with Crippen molar-refractivity contribution in [3.05, 3.63) is 58.8 Å². The van der Waals surface area contributed by atoms with Gasteiger partial charge in [0.05, 0.1) is 22.0 Å². The Morgan fingerprint density at radius 2 is 1.83 bits per heavy atom. The van der Waals surface area contributed by atoms with Crippen LogP contribution in [0.5, 0.6) is 0 Å². The molecule has 0 spiro atoms. The molecule has 2 aromatic heterocycles. The fourth-order valence-electron chi connectivity index (χ4n) is 3.25. The van der Waals surface area contributed by atoms with E-state index in [9.17, 15) is 13.2 Å². The van der Waals surface area contributed by atoms with E-state index in [1.807, 2.05) is 12.1 Å². The average molecular weight is 344 g/mol. The van der Waals surface area contributed by atoms with E-state index in [4.69, 9.17) is 0 Å². The van der Waals surface area contributed by atoms with Gasteiger partial charge in [0.1, 0.15) is 0 Å². The van der Waals surface area contributed by atoms with Gasteiger partial charge in [-0.3, -0.25) is 4.98 Å². The van der Waals surface area contributed by atoms with Crippen molar-refractivity contribution >= 4 is 21.1 Å². The van der Waals surface area contributed by atoms with Gasteiger partial charge in [0.15, 0.2) is 0 Å². The molecule has 0 saturated carbocycles. The highest BCUT2D eigenvalue weighted by molar-refractivity contribution is 7.89. The summed E-state index contributed by atoms with van der Waals surface area (Å²) in [5.41, 5.74) is 1.67. The second kappa shape index (κ2) is 5.57. The highest BCUT2D eigenvalue weighted by Crippen LogP contribution is 2.36.